The molecule has 0 aliphatic carbocycles. The molecule has 0 aliphatic heterocycles. The molecular weight excluding hydrogens is 256 g/mol. The third-order valence-corrected chi connectivity index (χ3v) is 3.33. The van der Waals surface area contributed by atoms with Crippen molar-refractivity contribution in [2.24, 2.45) is 0 Å². The van der Waals surface area contributed by atoms with Crippen molar-refractivity contribution in [2.45, 2.75) is 32.7 Å². The number of nitrogens with one attached hydrogen (secondary N) is 1. The molecule has 20 heavy (non-hydrogen) atoms. The Morgan fingerprint density at radius 1 is 1.10 bits per heavy atom. The molecule has 1 unspecified atom stereocenters. The normalized spacial score (nSPS) is 12.2. The van der Waals surface area contributed by atoms with Crippen molar-refractivity contribution < 1.29 is 8.78 Å². The number of benzene rings is 2. The second kappa shape index (κ2) is 6.51. The summed E-state index contributed by atoms with van der Waals surface area (Å²) in [4.78, 5) is 0. The van der Waals surface area contributed by atoms with Crippen molar-refractivity contribution in [3.05, 3.63) is 65.2 Å². The van der Waals surface area contributed by atoms with Gasteiger partial charge in [-0.1, -0.05) is 31.5 Å². The SMILES string of the molecule is CCCc1ccccc1NC(C)c1cc(F)ccc1F. The number of rotatable bonds is 5. The minimum atomic E-state index is -0.420. The number of aryl methyl sites for hydroxylation is 1. The van der Waals surface area contributed by atoms with Crippen LogP contribution in [0.15, 0.2) is 42.5 Å². The Balaban J connectivity index is 2.23. The Hall–Kier alpha value is -1.90. The van der Waals surface area contributed by atoms with E-state index >= 15 is 0 Å². The fraction of sp³-hybridized carbons (Fsp3) is 0.294. The van der Waals surface area contributed by atoms with Crippen molar-refractivity contribution in [3.8, 4) is 0 Å². The fourth-order valence-electron chi connectivity index (χ4n) is 2.31. The summed E-state index contributed by atoms with van der Waals surface area (Å²) in [5.41, 5.74) is 2.51. The molecule has 3 heteroatoms. The summed E-state index contributed by atoms with van der Waals surface area (Å²) in [7, 11) is 0. The minimum absolute atomic E-state index is 0.288. The van der Waals surface area contributed by atoms with Crippen molar-refractivity contribution in [2.75, 3.05) is 5.32 Å². The first-order chi connectivity index (χ1) is 9.61. The highest BCUT2D eigenvalue weighted by Gasteiger charge is 2.13. The first kappa shape index (κ1) is 14.5. The molecule has 1 nitrogen and oxygen atoms in total. The third kappa shape index (κ3) is 3.35. The molecule has 0 saturated heterocycles. The van der Waals surface area contributed by atoms with Gasteiger partial charge < -0.3 is 5.32 Å². The van der Waals surface area contributed by atoms with Gasteiger partial charge in [0, 0.05) is 11.3 Å². The van der Waals surface area contributed by atoms with Crippen molar-refractivity contribution >= 4 is 5.69 Å². The summed E-state index contributed by atoms with van der Waals surface area (Å²) >= 11 is 0. The third-order valence-electron chi connectivity index (χ3n) is 3.33. The standard InChI is InChI=1S/C17H19F2N/c1-3-6-13-7-4-5-8-17(13)20-12(2)15-11-14(18)9-10-16(15)19/h4-5,7-12,20H,3,6H2,1-2H3. The van der Waals surface area contributed by atoms with Gasteiger partial charge in [-0.3, -0.25) is 0 Å². The van der Waals surface area contributed by atoms with Crippen LogP contribution >= 0.6 is 0 Å². The number of halogens is 2. The van der Waals surface area contributed by atoms with Gasteiger partial charge in [0.2, 0.25) is 0 Å². The van der Waals surface area contributed by atoms with E-state index in [1.165, 1.54) is 17.7 Å². The number of anilines is 1. The molecule has 0 amide bonds. The van der Waals surface area contributed by atoms with Crippen LogP contribution in [0.4, 0.5) is 14.5 Å². The van der Waals surface area contributed by atoms with Gasteiger partial charge in [0.15, 0.2) is 0 Å². The predicted molar refractivity (Wildman–Crippen MR) is 78.8 cm³/mol. The van der Waals surface area contributed by atoms with Crippen molar-refractivity contribution in [3.63, 3.8) is 0 Å². The highest BCUT2D eigenvalue weighted by atomic mass is 19.1. The molecule has 0 fully saturated rings. The zero-order chi connectivity index (χ0) is 14.5. The van der Waals surface area contributed by atoms with E-state index in [0.29, 0.717) is 5.56 Å². The van der Waals surface area contributed by atoms with E-state index in [2.05, 4.69) is 18.3 Å². The second-order valence-electron chi connectivity index (χ2n) is 4.94. The van der Waals surface area contributed by atoms with Gasteiger partial charge in [0.1, 0.15) is 11.6 Å². The van der Waals surface area contributed by atoms with Crippen LogP contribution in [0.25, 0.3) is 0 Å². The molecule has 0 spiro atoms. The van der Waals surface area contributed by atoms with Gasteiger partial charge in [0.25, 0.3) is 0 Å². The number of hydrogen-bond acceptors (Lipinski definition) is 1. The Bertz CT molecular complexity index is 581. The second-order valence-corrected chi connectivity index (χ2v) is 4.94. The van der Waals surface area contributed by atoms with Crippen LogP contribution in [-0.4, -0.2) is 0 Å². The molecule has 1 atom stereocenters. The van der Waals surface area contributed by atoms with Crippen molar-refractivity contribution in [1.29, 1.82) is 0 Å². The van der Waals surface area contributed by atoms with Crippen LogP contribution in [0, 0.1) is 11.6 Å². The molecule has 1 N–H and O–H groups in total. The minimum Gasteiger partial charge on any atom is -0.378 e. The maximum atomic E-state index is 13.8. The Morgan fingerprint density at radius 2 is 1.85 bits per heavy atom. The molecular formula is C17H19F2N. The van der Waals surface area contributed by atoms with Gasteiger partial charge in [-0.15, -0.1) is 0 Å². The van der Waals surface area contributed by atoms with Crippen molar-refractivity contribution in [1.82, 2.24) is 0 Å². The fourth-order valence-corrected chi connectivity index (χ4v) is 2.31. The Morgan fingerprint density at radius 3 is 2.60 bits per heavy atom. The Labute approximate surface area is 118 Å². The maximum Gasteiger partial charge on any atom is 0.128 e. The van der Waals surface area contributed by atoms with Gasteiger partial charge in [-0.05, 0) is 43.2 Å². The quantitative estimate of drug-likeness (QED) is 0.801. The molecule has 2 aromatic carbocycles. The lowest BCUT2D eigenvalue weighted by atomic mass is 10.0. The lowest BCUT2D eigenvalue weighted by Crippen LogP contribution is -2.10. The zero-order valence-electron chi connectivity index (χ0n) is 11.8. The molecule has 0 aromatic heterocycles. The van der Waals surface area contributed by atoms with Gasteiger partial charge in [-0.25, -0.2) is 8.78 Å². The predicted octanol–water partition coefficient (Wildman–Crippen LogP) is 5.09. The molecule has 0 aliphatic rings. The van der Waals surface area contributed by atoms with E-state index in [0.717, 1.165) is 24.6 Å². The molecule has 0 bridgehead atoms. The van der Waals surface area contributed by atoms with E-state index in [9.17, 15) is 8.78 Å². The van der Waals surface area contributed by atoms with Crippen LogP contribution in [0.3, 0.4) is 0 Å². The van der Waals surface area contributed by atoms with Gasteiger partial charge in [0.05, 0.1) is 6.04 Å². The van der Waals surface area contributed by atoms with Crippen LogP contribution in [0.1, 0.15) is 37.4 Å². The molecule has 2 rings (SSSR count). The average molecular weight is 275 g/mol. The zero-order valence-corrected chi connectivity index (χ0v) is 11.8. The highest BCUT2D eigenvalue weighted by molar-refractivity contribution is 5.52. The van der Waals surface area contributed by atoms with E-state index < -0.39 is 5.82 Å². The number of para-hydroxylation sites is 1. The molecule has 0 heterocycles. The number of hydrogen-bond donors (Lipinski definition) is 1. The van der Waals surface area contributed by atoms with E-state index in [4.69, 9.17) is 0 Å². The summed E-state index contributed by atoms with van der Waals surface area (Å²) in [6, 6.07) is 11.2. The van der Waals surface area contributed by atoms with Crippen LogP contribution in [0.5, 0.6) is 0 Å². The van der Waals surface area contributed by atoms with E-state index in [1.807, 2.05) is 25.1 Å². The molecule has 106 valence electrons. The molecule has 0 radical (unpaired) electrons. The summed E-state index contributed by atoms with van der Waals surface area (Å²) in [6.07, 6.45) is 2.00. The van der Waals surface area contributed by atoms with E-state index in [-0.39, 0.29) is 11.9 Å². The highest BCUT2D eigenvalue weighted by Crippen LogP contribution is 2.25. The smallest absolute Gasteiger partial charge is 0.128 e. The summed E-state index contributed by atoms with van der Waals surface area (Å²) in [6.45, 7) is 3.95. The first-order valence-electron chi connectivity index (χ1n) is 6.91. The summed E-state index contributed by atoms with van der Waals surface area (Å²) in [5, 5.41) is 3.27. The van der Waals surface area contributed by atoms with Gasteiger partial charge >= 0.3 is 0 Å². The molecule has 0 saturated carbocycles. The monoisotopic (exact) mass is 275 g/mol. The van der Waals surface area contributed by atoms with Crippen LogP contribution in [-0.2, 0) is 6.42 Å². The van der Waals surface area contributed by atoms with Crippen LogP contribution in [0.2, 0.25) is 0 Å². The van der Waals surface area contributed by atoms with Crippen LogP contribution < -0.4 is 5.32 Å². The molecule has 2 aromatic rings. The lowest BCUT2D eigenvalue weighted by Gasteiger charge is -2.19. The summed E-state index contributed by atoms with van der Waals surface area (Å²) in [5.74, 6) is -0.809. The summed E-state index contributed by atoms with van der Waals surface area (Å²) < 4.78 is 27.0. The maximum absolute atomic E-state index is 13.8. The first-order valence-corrected chi connectivity index (χ1v) is 6.91. The average Bonchev–Trinajstić information content (AvgIpc) is 2.44. The lowest BCUT2D eigenvalue weighted by molar-refractivity contribution is 0.577. The largest absolute Gasteiger partial charge is 0.378 e. The topological polar surface area (TPSA) is 12.0 Å². The van der Waals surface area contributed by atoms with Gasteiger partial charge in [-0.2, -0.15) is 0 Å². The Kier molecular flexibility index (Phi) is 4.72. The van der Waals surface area contributed by atoms with E-state index in [1.54, 1.807) is 0 Å².